The molecule has 0 spiro atoms. The van der Waals surface area contributed by atoms with Gasteiger partial charge in [0, 0.05) is 19.0 Å². The van der Waals surface area contributed by atoms with E-state index >= 15 is 0 Å². The highest BCUT2D eigenvalue weighted by atomic mass is 32.2. The number of nitrogens with zero attached hydrogens (tertiary/aromatic N) is 1. The first-order valence-corrected chi connectivity index (χ1v) is 7.16. The molecule has 1 aliphatic rings. The standard InChI is InChI=1S/C12H13F2NO3S/c1-7(16)8-3-4-10-9(5-8)11(6-12(13)14)19(17,18)15(10)2/h3-5,11-12H,6H2,1-2H3. The van der Waals surface area contributed by atoms with Crippen molar-refractivity contribution >= 4 is 21.5 Å². The summed E-state index contributed by atoms with van der Waals surface area (Å²) < 4.78 is 50.3. The minimum Gasteiger partial charge on any atom is -0.295 e. The Morgan fingerprint density at radius 1 is 1.42 bits per heavy atom. The van der Waals surface area contributed by atoms with Crippen LogP contribution in [0.5, 0.6) is 0 Å². The molecule has 104 valence electrons. The largest absolute Gasteiger partial charge is 0.295 e. The molecule has 1 atom stereocenters. The van der Waals surface area contributed by atoms with Crippen LogP contribution in [0.15, 0.2) is 18.2 Å². The average molecular weight is 289 g/mol. The van der Waals surface area contributed by atoms with E-state index in [1.807, 2.05) is 0 Å². The van der Waals surface area contributed by atoms with Crippen molar-refractivity contribution in [3.63, 3.8) is 0 Å². The first-order chi connectivity index (χ1) is 8.75. The number of Topliss-reactive ketones (excluding diaryl/α,β-unsaturated/α-hetero) is 1. The van der Waals surface area contributed by atoms with Crippen molar-refractivity contribution in [1.82, 2.24) is 0 Å². The molecule has 0 aromatic heterocycles. The summed E-state index contributed by atoms with van der Waals surface area (Å²) >= 11 is 0. The number of rotatable bonds is 3. The number of benzene rings is 1. The predicted octanol–water partition coefficient (Wildman–Crippen LogP) is 2.37. The maximum atomic E-state index is 12.6. The average Bonchev–Trinajstić information content (AvgIpc) is 2.50. The first-order valence-electron chi connectivity index (χ1n) is 5.66. The van der Waals surface area contributed by atoms with Crippen LogP contribution >= 0.6 is 0 Å². The number of alkyl halides is 2. The van der Waals surface area contributed by atoms with Gasteiger partial charge in [-0.05, 0) is 30.7 Å². The topological polar surface area (TPSA) is 54.5 Å². The van der Waals surface area contributed by atoms with Crippen LogP contribution in [0.4, 0.5) is 14.5 Å². The number of halogens is 2. The normalized spacial score (nSPS) is 20.7. The van der Waals surface area contributed by atoms with Crippen LogP contribution in [0.2, 0.25) is 0 Å². The van der Waals surface area contributed by atoms with Gasteiger partial charge in [0.05, 0.1) is 5.69 Å². The summed E-state index contributed by atoms with van der Waals surface area (Å²) in [5.74, 6) is -0.231. The third-order valence-electron chi connectivity index (χ3n) is 3.25. The van der Waals surface area contributed by atoms with Crippen molar-refractivity contribution in [2.45, 2.75) is 25.0 Å². The molecule has 1 aliphatic heterocycles. The van der Waals surface area contributed by atoms with Gasteiger partial charge < -0.3 is 0 Å². The zero-order valence-corrected chi connectivity index (χ0v) is 11.2. The highest BCUT2D eigenvalue weighted by Gasteiger charge is 2.42. The van der Waals surface area contributed by atoms with Crippen molar-refractivity contribution in [2.75, 3.05) is 11.4 Å². The Bertz CT molecular complexity index is 628. The molecular weight excluding hydrogens is 276 g/mol. The Labute approximate surface area is 110 Å². The molecule has 0 fully saturated rings. The van der Waals surface area contributed by atoms with Crippen LogP contribution in [-0.4, -0.2) is 27.7 Å². The quantitative estimate of drug-likeness (QED) is 0.803. The van der Waals surface area contributed by atoms with E-state index in [9.17, 15) is 22.0 Å². The van der Waals surface area contributed by atoms with Gasteiger partial charge in [0.2, 0.25) is 16.4 Å². The van der Waals surface area contributed by atoms with E-state index < -0.39 is 28.1 Å². The molecule has 2 rings (SSSR count). The van der Waals surface area contributed by atoms with Crippen LogP contribution in [0.3, 0.4) is 0 Å². The third-order valence-corrected chi connectivity index (χ3v) is 5.38. The minimum atomic E-state index is -3.82. The molecule has 1 heterocycles. The maximum Gasteiger partial charge on any atom is 0.242 e. The lowest BCUT2D eigenvalue weighted by Crippen LogP contribution is -2.25. The predicted molar refractivity (Wildman–Crippen MR) is 67.1 cm³/mol. The summed E-state index contributed by atoms with van der Waals surface area (Å²) in [7, 11) is -2.49. The summed E-state index contributed by atoms with van der Waals surface area (Å²) in [5.41, 5.74) is 0.953. The van der Waals surface area contributed by atoms with E-state index in [1.54, 1.807) is 0 Å². The second kappa shape index (κ2) is 4.56. The van der Waals surface area contributed by atoms with Gasteiger partial charge in [-0.2, -0.15) is 0 Å². The Kier molecular flexibility index (Phi) is 3.34. The Hall–Kier alpha value is -1.50. The van der Waals surface area contributed by atoms with Gasteiger partial charge in [-0.1, -0.05) is 0 Å². The smallest absolute Gasteiger partial charge is 0.242 e. The van der Waals surface area contributed by atoms with Gasteiger partial charge in [-0.3, -0.25) is 9.10 Å². The Morgan fingerprint density at radius 2 is 2.05 bits per heavy atom. The zero-order chi connectivity index (χ0) is 14.4. The van der Waals surface area contributed by atoms with Gasteiger partial charge in [0.15, 0.2) is 5.78 Å². The number of carbonyl (C=O) groups is 1. The first kappa shape index (κ1) is 13.9. The molecule has 1 aromatic rings. The number of fused-ring (bicyclic) bond motifs is 1. The molecule has 0 amide bonds. The monoisotopic (exact) mass is 289 g/mol. The number of hydrogen-bond donors (Lipinski definition) is 0. The summed E-state index contributed by atoms with van der Waals surface area (Å²) in [4.78, 5) is 11.3. The van der Waals surface area contributed by atoms with E-state index in [-0.39, 0.29) is 11.3 Å². The van der Waals surface area contributed by atoms with Gasteiger partial charge in [-0.25, -0.2) is 17.2 Å². The molecule has 0 aliphatic carbocycles. The molecule has 0 saturated carbocycles. The van der Waals surface area contributed by atoms with Crippen molar-refractivity contribution in [2.24, 2.45) is 0 Å². The lowest BCUT2D eigenvalue weighted by Gasteiger charge is -2.13. The third kappa shape index (κ3) is 2.22. The molecule has 1 unspecified atom stereocenters. The fourth-order valence-electron chi connectivity index (χ4n) is 2.22. The Morgan fingerprint density at radius 3 is 2.58 bits per heavy atom. The van der Waals surface area contributed by atoms with Crippen LogP contribution in [0.1, 0.15) is 34.5 Å². The van der Waals surface area contributed by atoms with Crippen molar-refractivity contribution in [3.05, 3.63) is 29.3 Å². The Balaban J connectivity index is 2.58. The van der Waals surface area contributed by atoms with Gasteiger partial charge in [-0.15, -0.1) is 0 Å². The summed E-state index contributed by atoms with van der Waals surface area (Å²) in [6, 6.07) is 4.37. The number of hydrogen-bond acceptors (Lipinski definition) is 3. The lowest BCUT2D eigenvalue weighted by molar-refractivity contribution is 0.101. The van der Waals surface area contributed by atoms with Crippen molar-refractivity contribution < 1.29 is 22.0 Å². The van der Waals surface area contributed by atoms with Crippen LogP contribution in [0, 0.1) is 0 Å². The second-order valence-corrected chi connectivity index (χ2v) is 6.60. The molecular formula is C12H13F2NO3S. The fraction of sp³-hybridized carbons (Fsp3) is 0.417. The number of carbonyl (C=O) groups excluding carboxylic acids is 1. The summed E-state index contributed by atoms with van der Waals surface area (Å²) in [5, 5.41) is -1.29. The van der Waals surface area contributed by atoms with Crippen molar-refractivity contribution in [3.8, 4) is 0 Å². The van der Waals surface area contributed by atoms with E-state index in [1.165, 1.54) is 32.2 Å². The molecule has 7 heteroatoms. The molecule has 0 bridgehead atoms. The highest BCUT2D eigenvalue weighted by molar-refractivity contribution is 7.93. The minimum absolute atomic E-state index is 0.231. The molecule has 4 nitrogen and oxygen atoms in total. The SMILES string of the molecule is CC(=O)c1ccc2c(c1)C(CC(F)F)S(=O)(=O)N2C. The molecule has 1 aromatic carbocycles. The zero-order valence-electron chi connectivity index (χ0n) is 10.4. The number of anilines is 1. The number of sulfonamides is 1. The van der Waals surface area contributed by atoms with Gasteiger partial charge in [0.25, 0.3) is 0 Å². The highest BCUT2D eigenvalue weighted by Crippen LogP contribution is 2.44. The summed E-state index contributed by atoms with van der Waals surface area (Å²) in [6.45, 7) is 1.34. The van der Waals surface area contributed by atoms with Gasteiger partial charge in [0.1, 0.15) is 5.25 Å². The van der Waals surface area contributed by atoms with E-state index in [0.717, 1.165) is 4.31 Å². The lowest BCUT2D eigenvalue weighted by atomic mass is 10.0. The second-order valence-electron chi connectivity index (χ2n) is 4.46. The fourth-order valence-corrected chi connectivity index (χ4v) is 3.94. The van der Waals surface area contributed by atoms with Crippen LogP contribution in [0.25, 0.3) is 0 Å². The summed E-state index contributed by atoms with van der Waals surface area (Å²) in [6.07, 6.45) is -3.48. The maximum absolute atomic E-state index is 12.6. The van der Waals surface area contributed by atoms with E-state index in [0.29, 0.717) is 11.3 Å². The van der Waals surface area contributed by atoms with E-state index in [2.05, 4.69) is 0 Å². The van der Waals surface area contributed by atoms with E-state index in [4.69, 9.17) is 0 Å². The number of ketones is 1. The molecule has 19 heavy (non-hydrogen) atoms. The molecule has 0 N–H and O–H groups in total. The molecule has 0 saturated heterocycles. The van der Waals surface area contributed by atoms with Gasteiger partial charge >= 0.3 is 0 Å². The van der Waals surface area contributed by atoms with Crippen LogP contribution < -0.4 is 4.31 Å². The van der Waals surface area contributed by atoms with Crippen LogP contribution in [-0.2, 0) is 10.0 Å². The van der Waals surface area contributed by atoms with Crippen molar-refractivity contribution in [1.29, 1.82) is 0 Å². The molecule has 0 radical (unpaired) electrons.